The van der Waals surface area contributed by atoms with Gasteiger partial charge in [-0.2, -0.15) is 0 Å². The van der Waals surface area contributed by atoms with E-state index in [2.05, 4.69) is 20.9 Å². The molecule has 1 aromatic rings. The first-order valence-corrected chi connectivity index (χ1v) is 7.00. The molecular formula is C15H24FIN4O. The summed E-state index contributed by atoms with van der Waals surface area (Å²) in [5.74, 6) is 0.316. The van der Waals surface area contributed by atoms with Crippen LogP contribution < -0.4 is 16.0 Å². The van der Waals surface area contributed by atoms with Crippen LogP contribution in [0.3, 0.4) is 0 Å². The molecular weight excluding hydrogens is 398 g/mol. The summed E-state index contributed by atoms with van der Waals surface area (Å²) in [4.78, 5) is 15.4. The summed E-state index contributed by atoms with van der Waals surface area (Å²) in [6, 6.07) is 6.59. The van der Waals surface area contributed by atoms with E-state index in [1.54, 1.807) is 25.2 Å². The van der Waals surface area contributed by atoms with Gasteiger partial charge in [-0.25, -0.2) is 4.39 Å². The third-order valence-electron chi connectivity index (χ3n) is 2.87. The zero-order chi connectivity index (χ0) is 15.7. The lowest BCUT2D eigenvalue weighted by molar-refractivity contribution is -0.123. The molecule has 0 unspecified atom stereocenters. The zero-order valence-corrected chi connectivity index (χ0v) is 15.5. The first-order chi connectivity index (χ1) is 10.0. The standard InChI is InChI=1S/C15H23FN4O.HI/c1-11(2)14(21)18-8-9-19-15(17-3)20-10-12-6-4-5-7-13(12)16;/h4-7,11H,8-10H2,1-3H3,(H,18,21)(H2,17,19,20);1H. The molecule has 0 aliphatic heterocycles. The van der Waals surface area contributed by atoms with Crippen LogP contribution in [0.15, 0.2) is 29.3 Å². The molecule has 1 rings (SSSR count). The van der Waals surface area contributed by atoms with Crippen molar-refractivity contribution in [1.29, 1.82) is 0 Å². The van der Waals surface area contributed by atoms with Gasteiger partial charge < -0.3 is 16.0 Å². The van der Waals surface area contributed by atoms with Gasteiger partial charge in [-0.15, -0.1) is 24.0 Å². The van der Waals surface area contributed by atoms with E-state index in [1.165, 1.54) is 6.07 Å². The van der Waals surface area contributed by atoms with Gasteiger partial charge in [-0.1, -0.05) is 32.0 Å². The molecule has 0 saturated carbocycles. The number of hydrogen-bond acceptors (Lipinski definition) is 2. The van der Waals surface area contributed by atoms with Crippen LogP contribution >= 0.6 is 24.0 Å². The van der Waals surface area contributed by atoms with E-state index in [4.69, 9.17) is 0 Å². The van der Waals surface area contributed by atoms with Crippen LogP contribution in [0.25, 0.3) is 0 Å². The fourth-order valence-corrected chi connectivity index (χ4v) is 1.61. The van der Waals surface area contributed by atoms with Crippen molar-refractivity contribution in [2.75, 3.05) is 20.1 Å². The van der Waals surface area contributed by atoms with Crippen LogP contribution in [0.1, 0.15) is 19.4 Å². The predicted molar refractivity (Wildman–Crippen MR) is 97.9 cm³/mol. The first kappa shape index (κ1) is 20.6. The Morgan fingerprint density at radius 2 is 1.82 bits per heavy atom. The highest BCUT2D eigenvalue weighted by atomic mass is 127. The van der Waals surface area contributed by atoms with Gasteiger partial charge in [0.05, 0.1) is 0 Å². The molecule has 7 heteroatoms. The number of aliphatic imine (C=N–C) groups is 1. The third kappa shape index (κ3) is 7.58. The molecule has 0 aromatic heterocycles. The maximum absolute atomic E-state index is 13.5. The van der Waals surface area contributed by atoms with Crippen molar-refractivity contribution in [2.24, 2.45) is 10.9 Å². The monoisotopic (exact) mass is 422 g/mol. The van der Waals surface area contributed by atoms with Gasteiger partial charge in [-0.3, -0.25) is 9.79 Å². The zero-order valence-electron chi connectivity index (χ0n) is 13.1. The van der Waals surface area contributed by atoms with Gasteiger partial charge >= 0.3 is 0 Å². The number of hydrogen-bond donors (Lipinski definition) is 3. The van der Waals surface area contributed by atoms with E-state index < -0.39 is 0 Å². The Morgan fingerprint density at radius 3 is 2.41 bits per heavy atom. The number of carbonyl (C=O) groups excluding carboxylic acids is 1. The smallest absolute Gasteiger partial charge is 0.222 e. The molecule has 0 heterocycles. The van der Waals surface area contributed by atoms with Crippen molar-refractivity contribution < 1.29 is 9.18 Å². The van der Waals surface area contributed by atoms with Crippen molar-refractivity contribution in [3.8, 4) is 0 Å². The summed E-state index contributed by atoms with van der Waals surface area (Å²) in [6.45, 7) is 5.10. The van der Waals surface area contributed by atoms with E-state index in [9.17, 15) is 9.18 Å². The van der Waals surface area contributed by atoms with Crippen LogP contribution in [-0.4, -0.2) is 32.0 Å². The molecule has 124 valence electrons. The molecule has 3 N–H and O–H groups in total. The Balaban J connectivity index is 0.00000441. The second kappa shape index (κ2) is 11.2. The minimum Gasteiger partial charge on any atom is -0.355 e. The van der Waals surface area contributed by atoms with E-state index in [1.807, 2.05) is 13.8 Å². The summed E-state index contributed by atoms with van der Waals surface area (Å²) >= 11 is 0. The van der Waals surface area contributed by atoms with Gasteiger partial charge in [0.25, 0.3) is 0 Å². The van der Waals surface area contributed by atoms with Gasteiger partial charge in [-0.05, 0) is 6.07 Å². The molecule has 0 spiro atoms. The molecule has 0 bridgehead atoms. The van der Waals surface area contributed by atoms with Gasteiger partial charge in [0, 0.05) is 38.2 Å². The largest absolute Gasteiger partial charge is 0.355 e. The fourth-order valence-electron chi connectivity index (χ4n) is 1.61. The van der Waals surface area contributed by atoms with E-state index in [0.29, 0.717) is 31.2 Å². The van der Waals surface area contributed by atoms with E-state index in [-0.39, 0.29) is 41.6 Å². The van der Waals surface area contributed by atoms with Gasteiger partial charge in [0.2, 0.25) is 5.91 Å². The van der Waals surface area contributed by atoms with Crippen LogP contribution in [0, 0.1) is 11.7 Å². The van der Waals surface area contributed by atoms with Crippen LogP contribution in [-0.2, 0) is 11.3 Å². The minimum absolute atomic E-state index is 0. The number of amides is 1. The lowest BCUT2D eigenvalue weighted by Gasteiger charge is -2.13. The summed E-state index contributed by atoms with van der Waals surface area (Å²) in [6.07, 6.45) is 0. The molecule has 5 nitrogen and oxygen atoms in total. The molecule has 1 amide bonds. The molecule has 0 aliphatic carbocycles. The first-order valence-electron chi connectivity index (χ1n) is 7.00. The lowest BCUT2D eigenvalue weighted by Crippen LogP contribution is -2.41. The molecule has 0 atom stereocenters. The highest BCUT2D eigenvalue weighted by molar-refractivity contribution is 14.0. The summed E-state index contributed by atoms with van der Waals surface area (Å²) in [7, 11) is 1.64. The SMILES string of the molecule is CN=C(NCCNC(=O)C(C)C)NCc1ccccc1F.I. The van der Waals surface area contributed by atoms with Crippen LogP contribution in [0.4, 0.5) is 4.39 Å². The second-order valence-electron chi connectivity index (χ2n) is 4.89. The highest BCUT2D eigenvalue weighted by Gasteiger charge is 2.05. The molecule has 1 aromatic carbocycles. The number of nitrogens with zero attached hydrogens (tertiary/aromatic N) is 1. The van der Waals surface area contributed by atoms with Gasteiger partial charge in [0.1, 0.15) is 5.82 Å². The lowest BCUT2D eigenvalue weighted by atomic mass is 10.2. The Labute approximate surface area is 148 Å². The average molecular weight is 422 g/mol. The summed E-state index contributed by atoms with van der Waals surface area (Å²) in [5, 5.41) is 8.88. The summed E-state index contributed by atoms with van der Waals surface area (Å²) < 4.78 is 13.5. The number of carbonyl (C=O) groups is 1. The average Bonchev–Trinajstić information content (AvgIpc) is 2.47. The maximum atomic E-state index is 13.5. The maximum Gasteiger partial charge on any atom is 0.222 e. The number of nitrogens with one attached hydrogen (secondary N) is 3. The Morgan fingerprint density at radius 1 is 1.18 bits per heavy atom. The third-order valence-corrected chi connectivity index (χ3v) is 2.87. The number of halogens is 2. The van der Waals surface area contributed by atoms with E-state index >= 15 is 0 Å². The Hall–Kier alpha value is -1.38. The normalized spacial score (nSPS) is 10.9. The topological polar surface area (TPSA) is 65.5 Å². The molecule has 0 radical (unpaired) electrons. The van der Waals surface area contributed by atoms with Crippen molar-refractivity contribution in [3.05, 3.63) is 35.6 Å². The van der Waals surface area contributed by atoms with Gasteiger partial charge in [0.15, 0.2) is 5.96 Å². The van der Waals surface area contributed by atoms with Crippen molar-refractivity contribution in [3.63, 3.8) is 0 Å². The quantitative estimate of drug-likeness (QED) is 0.284. The van der Waals surface area contributed by atoms with Crippen molar-refractivity contribution in [1.82, 2.24) is 16.0 Å². The molecule has 0 fully saturated rings. The van der Waals surface area contributed by atoms with Crippen LogP contribution in [0.2, 0.25) is 0 Å². The Bertz CT molecular complexity index is 494. The molecule has 0 saturated heterocycles. The minimum atomic E-state index is -0.246. The second-order valence-corrected chi connectivity index (χ2v) is 4.89. The number of guanidine groups is 1. The number of rotatable bonds is 6. The number of benzene rings is 1. The predicted octanol–water partition coefficient (Wildman–Crippen LogP) is 1.88. The molecule has 22 heavy (non-hydrogen) atoms. The van der Waals surface area contributed by atoms with Crippen molar-refractivity contribution in [2.45, 2.75) is 20.4 Å². The fraction of sp³-hybridized carbons (Fsp3) is 0.467. The highest BCUT2D eigenvalue weighted by Crippen LogP contribution is 2.05. The summed E-state index contributed by atoms with van der Waals surface area (Å²) in [5.41, 5.74) is 0.577. The van der Waals surface area contributed by atoms with E-state index in [0.717, 1.165) is 0 Å². The Kier molecular flexibility index (Phi) is 10.5. The molecule has 0 aliphatic rings. The van der Waals surface area contributed by atoms with Crippen molar-refractivity contribution >= 4 is 35.8 Å². The van der Waals surface area contributed by atoms with Crippen LogP contribution in [0.5, 0.6) is 0 Å².